The summed E-state index contributed by atoms with van der Waals surface area (Å²) < 4.78 is 9.66. The Hall–Kier alpha value is -16.8. The van der Waals surface area contributed by atoms with Crippen molar-refractivity contribution in [3.8, 4) is 89.5 Å². The van der Waals surface area contributed by atoms with Crippen LogP contribution < -0.4 is 9.80 Å². The highest BCUT2D eigenvalue weighted by Crippen LogP contribution is 2.46. The Bertz CT molecular complexity index is 7550. The van der Waals surface area contributed by atoms with Crippen molar-refractivity contribution in [2.75, 3.05) is 9.80 Å². The Morgan fingerprint density at radius 1 is 0.127 bits per heavy atom. The summed E-state index contributed by atoms with van der Waals surface area (Å²) >= 11 is 0. The fourth-order valence-corrected chi connectivity index (χ4v) is 19.2. The standard InChI is InChI=1S/C60H39N3.C60H43N3/c1-2-14-42(15-3-1)47-16-4-9-21-54(47)63-59-36-30-43(40-26-32-45(33-27-40)61-55-22-10-5-17-48(55)49-18-6-11-23-56(49)61)38-52(59)53-39-44(31-37-60(53)63)41-28-34-46(35-29-41)62-57-24-12-7-19-50(57)51-20-8-13-25-58(51)62;1-6-18-46(19-7-1)55-28-16-17-29-58(55)63-59-40-34-47(44-30-36-53(37-31-44)61(49-20-8-2-9-21-49)50-22-10-3-11-23-50)42-56(59)57-43-48(35-41-60(57)63)45-32-38-54(39-33-45)62(51-24-12-4-13-25-51)52-26-14-5-15-27-52/h1-39H;1-43H. The van der Waals surface area contributed by atoms with Crippen molar-refractivity contribution in [3.63, 3.8) is 0 Å². The van der Waals surface area contributed by atoms with Crippen LogP contribution in [0.1, 0.15) is 0 Å². The number of para-hydroxylation sites is 10. The molecule has 0 spiro atoms. The molecule has 0 aliphatic rings. The number of benzene rings is 20. The Balaban J connectivity index is 0.000000145. The van der Waals surface area contributed by atoms with Gasteiger partial charge in [-0.3, -0.25) is 0 Å². The van der Waals surface area contributed by atoms with Gasteiger partial charge < -0.3 is 28.1 Å². The summed E-state index contributed by atoms with van der Waals surface area (Å²) in [7, 11) is 0. The van der Waals surface area contributed by atoms with E-state index in [-0.39, 0.29) is 0 Å². The van der Waals surface area contributed by atoms with E-state index < -0.39 is 0 Å². The molecule has 0 saturated carbocycles. The van der Waals surface area contributed by atoms with Gasteiger partial charge in [0.25, 0.3) is 0 Å². The van der Waals surface area contributed by atoms with E-state index in [0.29, 0.717) is 0 Å². The van der Waals surface area contributed by atoms with Crippen LogP contribution in [0, 0.1) is 0 Å². The Labute approximate surface area is 731 Å². The van der Waals surface area contributed by atoms with Gasteiger partial charge in [-0.2, -0.15) is 0 Å². The van der Waals surface area contributed by atoms with Crippen LogP contribution in [0.25, 0.3) is 177 Å². The van der Waals surface area contributed by atoms with Crippen molar-refractivity contribution >= 4 is 121 Å². The maximum atomic E-state index is 2.46. The lowest BCUT2D eigenvalue weighted by Gasteiger charge is -2.25. The van der Waals surface area contributed by atoms with Crippen LogP contribution >= 0.6 is 0 Å². The van der Waals surface area contributed by atoms with E-state index in [4.69, 9.17) is 0 Å². The van der Waals surface area contributed by atoms with Crippen LogP contribution in [-0.2, 0) is 0 Å². The van der Waals surface area contributed by atoms with E-state index in [9.17, 15) is 0 Å². The highest BCUT2D eigenvalue weighted by atomic mass is 15.1. The summed E-state index contributed by atoms with van der Waals surface area (Å²) in [5.74, 6) is 0. The molecule has 6 nitrogen and oxygen atoms in total. The average Bonchev–Trinajstić information content (AvgIpc) is 1.56. The molecule has 0 N–H and O–H groups in total. The zero-order valence-corrected chi connectivity index (χ0v) is 69.0. The van der Waals surface area contributed by atoms with Gasteiger partial charge in [-0.25, -0.2) is 0 Å². The second-order valence-corrected chi connectivity index (χ2v) is 32.3. The number of hydrogen-bond acceptors (Lipinski definition) is 2. The molecule has 0 atom stereocenters. The van der Waals surface area contributed by atoms with Gasteiger partial charge in [0, 0.05) is 99.7 Å². The maximum absolute atomic E-state index is 2.46. The number of rotatable bonds is 16. The van der Waals surface area contributed by atoms with Crippen molar-refractivity contribution < 1.29 is 0 Å². The molecule has 24 aromatic rings. The lowest BCUT2D eigenvalue weighted by Crippen LogP contribution is -2.09. The summed E-state index contributed by atoms with van der Waals surface area (Å²) in [6.45, 7) is 0. The van der Waals surface area contributed by atoms with Crippen LogP contribution in [0.4, 0.5) is 34.1 Å². The van der Waals surface area contributed by atoms with E-state index in [1.807, 2.05) is 0 Å². The molecule has 20 aromatic carbocycles. The Morgan fingerprint density at radius 2 is 0.333 bits per heavy atom. The second kappa shape index (κ2) is 32.0. The molecule has 126 heavy (non-hydrogen) atoms. The molecule has 0 aliphatic heterocycles. The van der Waals surface area contributed by atoms with E-state index in [1.165, 1.54) is 154 Å². The summed E-state index contributed by atoms with van der Waals surface area (Å²) in [6, 6.07) is 180. The molecule has 0 bridgehead atoms. The number of aromatic nitrogens is 4. The maximum Gasteiger partial charge on any atom is 0.0541 e. The molecule has 6 heteroatoms. The fourth-order valence-electron chi connectivity index (χ4n) is 19.2. The number of hydrogen-bond donors (Lipinski definition) is 0. The van der Waals surface area contributed by atoms with Crippen LogP contribution in [0.2, 0.25) is 0 Å². The van der Waals surface area contributed by atoms with Crippen LogP contribution in [-0.4, -0.2) is 18.3 Å². The van der Waals surface area contributed by atoms with Crippen molar-refractivity contribution in [1.29, 1.82) is 0 Å². The van der Waals surface area contributed by atoms with E-state index in [2.05, 4.69) is 526 Å². The van der Waals surface area contributed by atoms with Gasteiger partial charge in [0.2, 0.25) is 0 Å². The fraction of sp³-hybridized carbons (Fsp3) is 0. The first-order valence-corrected chi connectivity index (χ1v) is 43.2. The molecule has 0 unspecified atom stereocenters. The lowest BCUT2D eigenvalue weighted by molar-refractivity contribution is 1.18. The molecular weight excluding hydrogens is 1530 g/mol. The van der Waals surface area contributed by atoms with Crippen molar-refractivity contribution in [3.05, 3.63) is 497 Å². The summed E-state index contributed by atoms with van der Waals surface area (Å²) in [5.41, 5.74) is 35.1. The SMILES string of the molecule is c1ccc(-c2ccccc2-n2c3ccc(-c4ccc(-n5c6ccccc6c6ccccc65)cc4)cc3c3cc(-c4ccc(-n5c6ccccc6c6ccccc65)cc4)ccc32)cc1.c1ccc(-c2ccccc2-n2c3ccc(-c4ccc(N(c5ccccc5)c5ccccc5)cc4)cc3c3cc(-c4ccc(N(c5ccccc5)c5ccccc5)cc4)ccc32)cc1. The molecule has 0 radical (unpaired) electrons. The van der Waals surface area contributed by atoms with Crippen molar-refractivity contribution in [2.24, 2.45) is 0 Å². The minimum Gasteiger partial charge on any atom is -0.311 e. The molecule has 0 fully saturated rings. The van der Waals surface area contributed by atoms with Gasteiger partial charge in [-0.1, -0.05) is 315 Å². The molecule has 592 valence electrons. The molecule has 24 rings (SSSR count). The largest absolute Gasteiger partial charge is 0.311 e. The first-order chi connectivity index (χ1) is 62.5. The normalized spacial score (nSPS) is 11.5. The predicted octanol–water partition coefficient (Wildman–Crippen LogP) is 32.7. The first kappa shape index (κ1) is 74.3. The van der Waals surface area contributed by atoms with Gasteiger partial charge >= 0.3 is 0 Å². The van der Waals surface area contributed by atoms with Crippen LogP contribution in [0.3, 0.4) is 0 Å². The van der Waals surface area contributed by atoms with Gasteiger partial charge in [0.05, 0.1) is 55.5 Å². The van der Waals surface area contributed by atoms with Crippen LogP contribution in [0.15, 0.2) is 497 Å². The highest BCUT2D eigenvalue weighted by molar-refractivity contribution is 6.15. The third kappa shape index (κ3) is 13.3. The Kier molecular flexibility index (Phi) is 18.8. The van der Waals surface area contributed by atoms with E-state index in [0.717, 1.165) is 56.9 Å². The zero-order valence-electron chi connectivity index (χ0n) is 69.0. The van der Waals surface area contributed by atoms with Gasteiger partial charge in [0.1, 0.15) is 0 Å². The van der Waals surface area contributed by atoms with Crippen molar-refractivity contribution in [1.82, 2.24) is 18.3 Å². The topological polar surface area (TPSA) is 26.2 Å². The van der Waals surface area contributed by atoms with E-state index in [1.54, 1.807) is 0 Å². The molecular formula is C120H82N6. The molecule has 0 saturated heterocycles. The predicted molar refractivity (Wildman–Crippen MR) is 532 cm³/mol. The summed E-state index contributed by atoms with van der Waals surface area (Å²) in [4.78, 5) is 4.61. The number of anilines is 6. The number of fused-ring (bicyclic) bond motifs is 12. The summed E-state index contributed by atoms with van der Waals surface area (Å²) in [5, 5.41) is 9.95. The van der Waals surface area contributed by atoms with Gasteiger partial charge in [-0.05, 0) is 238 Å². The molecule has 4 aromatic heterocycles. The zero-order chi connectivity index (χ0) is 83.4. The smallest absolute Gasteiger partial charge is 0.0541 e. The molecule has 4 heterocycles. The van der Waals surface area contributed by atoms with Crippen molar-refractivity contribution in [2.45, 2.75) is 0 Å². The Morgan fingerprint density at radius 3 is 0.611 bits per heavy atom. The minimum atomic E-state index is 1.11. The molecule has 0 aliphatic carbocycles. The lowest BCUT2D eigenvalue weighted by atomic mass is 9.99. The first-order valence-electron chi connectivity index (χ1n) is 43.2. The quantitative estimate of drug-likeness (QED) is 0.0964. The van der Waals surface area contributed by atoms with Crippen LogP contribution in [0.5, 0.6) is 0 Å². The second-order valence-electron chi connectivity index (χ2n) is 32.3. The average molecular weight is 1610 g/mol. The minimum absolute atomic E-state index is 1.11. The molecule has 0 amide bonds. The monoisotopic (exact) mass is 1610 g/mol. The third-order valence-electron chi connectivity index (χ3n) is 25.0. The van der Waals surface area contributed by atoms with E-state index >= 15 is 0 Å². The number of nitrogens with zero attached hydrogens (tertiary/aromatic N) is 6. The highest BCUT2D eigenvalue weighted by Gasteiger charge is 2.24. The van der Waals surface area contributed by atoms with Gasteiger partial charge in [-0.15, -0.1) is 0 Å². The summed E-state index contributed by atoms with van der Waals surface area (Å²) in [6.07, 6.45) is 0. The third-order valence-corrected chi connectivity index (χ3v) is 25.0. The van der Waals surface area contributed by atoms with Gasteiger partial charge in [0.15, 0.2) is 0 Å².